The number of nitrogens with zero attached hydrogens (tertiary/aromatic N) is 2. The molecule has 3 aromatic rings. The molecule has 0 spiro atoms. The van der Waals surface area contributed by atoms with E-state index in [0.29, 0.717) is 29.0 Å². The van der Waals surface area contributed by atoms with Crippen LogP contribution in [0.25, 0.3) is 0 Å². The molecule has 3 aromatic carbocycles. The lowest BCUT2D eigenvalue weighted by molar-refractivity contribution is 0.0403. The number of rotatable bonds is 8. The highest BCUT2D eigenvalue weighted by Crippen LogP contribution is 2.26. The van der Waals surface area contributed by atoms with Crippen molar-refractivity contribution in [3.8, 4) is 11.5 Å². The Hall–Kier alpha value is -3.87. The summed E-state index contributed by atoms with van der Waals surface area (Å²) in [5, 5.41) is 4.24. The molecule has 0 aromatic heterocycles. The molecule has 4 rings (SSSR count). The first-order valence-electron chi connectivity index (χ1n) is 10.6. The van der Waals surface area contributed by atoms with E-state index >= 15 is 0 Å². The first-order chi connectivity index (χ1) is 16.1. The number of methoxy groups -OCH3 is 2. The van der Waals surface area contributed by atoms with E-state index in [1.165, 1.54) is 6.07 Å². The number of carbonyl (C=O) groups is 1. The van der Waals surface area contributed by atoms with Crippen LogP contribution in [0, 0.1) is 5.82 Å². The van der Waals surface area contributed by atoms with Crippen molar-refractivity contribution in [2.45, 2.75) is 19.1 Å². The standard InChI is InChI=1S/C26H25FN2O4/c1-31-20-13-11-18(12-14-20)26(30)29(16-19-7-3-5-9-23(19)27)17-21-15-24(28-33-21)22-8-4-6-10-25(22)32-2/h3-14,21H,15-17H2,1-2H3/t21-/m1/s1. The molecule has 1 atom stereocenters. The van der Waals surface area contributed by atoms with Gasteiger partial charge in [-0.2, -0.15) is 0 Å². The third-order valence-corrected chi connectivity index (χ3v) is 5.52. The number of amides is 1. The summed E-state index contributed by atoms with van der Waals surface area (Å²) in [5.41, 5.74) is 2.52. The predicted octanol–water partition coefficient (Wildman–Crippen LogP) is 4.68. The van der Waals surface area contributed by atoms with Gasteiger partial charge in [0.25, 0.3) is 5.91 Å². The summed E-state index contributed by atoms with van der Waals surface area (Å²) in [7, 11) is 3.18. The number of hydrogen-bond acceptors (Lipinski definition) is 5. The van der Waals surface area contributed by atoms with Crippen LogP contribution in [0.4, 0.5) is 4.39 Å². The van der Waals surface area contributed by atoms with Gasteiger partial charge in [-0.05, 0) is 42.5 Å². The molecule has 0 radical (unpaired) electrons. The largest absolute Gasteiger partial charge is 0.497 e. The maximum Gasteiger partial charge on any atom is 0.254 e. The molecular weight excluding hydrogens is 423 g/mol. The molecule has 7 heteroatoms. The Kier molecular flexibility index (Phi) is 6.88. The summed E-state index contributed by atoms with van der Waals surface area (Å²) in [5.74, 6) is 0.776. The van der Waals surface area contributed by atoms with Crippen molar-refractivity contribution in [3.05, 3.63) is 95.3 Å². The van der Waals surface area contributed by atoms with Crippen LogP contribution >= 0.6 is 0 Å². The summed E-state index contributed by atoms with van der Waals surface area (Å²) in [4.78, 5) is 20.6. The SMILES string of the molecule is COc1ccc(C(=O)N(Cc2ccccc2F)C[C@H]2CC(c3ccccc3OC)=NO2)cc1. The zero-order chi connectivity index (χ0) is 23.2. The third kappa shape index (κ3) is 5.14. The van der Waals surface area contributed by atoms with Crippen molar-refractivity contribution in [2.75, 3.05) is 20.8 Å². The number of ether oxygens (including phenoxy) is 2. The van der Waals surface area contributed by atoms with Crippen LogP contribution in [0.2, 0.25) is 0 Å². The first kappa shape index (κ1) is 22.3. The van der Waals surface area contributed by atoms with E-state index in [0.717, 1.165) is 11.3 Å². The van der Waals surface area contributed by atoms with Gasteiger partial charge in [0.2, 0.25) is 0 Å². The van der Waals surface area contributed by atoms with Gasteiger partial charge in [-0.25, -0.2) is 4.39 Å². The highest BCUT2D eigenvalue weighted by Gasteiger charge is 2.29. The molecule has 1 amide bonds. The lowest BCUT2D eigenvalue weighted by atomic mass is 10.0. The molecule has 6 nitrogen and oxygen atoms in total. The van der Waals surface area contributed by atoms with E-state index in [9.17, 15) is 9.18 Å². The second-order valence-corrected chi connectivity index (χ2v) is 7.68. The second kappa shape index (κ2) is 10.2. The van der Waals surface area contributed by atoms with Crippen LogP contribution in [0.5, 0.6) is 11.5 Å². The number of para-hydroxylation sites is 1. The number of oxime groups is 1. The van der Waals surface area contributed by atoms with Gasteiger partial charge in [-0.1, -0.05) is 35.5 Å². The topological polar surface area (TPSA) is 60.4 Å². The molecule has 0 bridgehead atoms. The van der Waals surface area contributed by atoms with Gasteiger partial charge in [0.15, 0.2) is 6.10 Å². The number of halogens is 1. The van der Waals surface area contributed by atoms with E-state index in [1.54, 1.807) is 61.6 Å². The van der Waals surface area contributed by atoms with E-state index in [1.807, 2.05) is 24.3 Å². The van der Waals surface area contributed by atoms with Crippen LogP contribution in [0.3, 0.4) is 0 Å². The summed E-state index contributed by atoms with van der Waals surface area (Å²) in [6, 6.07) is 20.9. The number of benzene rings is 3. The molecule has 0 unspecified atom stereocenters. The van der Waals surface area contributed by atoms with Crippen LogP contribution < -0.4 is 9.47 Å². The zero-order valence-electron chi connectivity index (χ0n) is 18.5. The van der Waals surface area contributed by atoms with Crippen molar-refractivity contribution in [2.24, 2.45) is 5.16 Å². The lowest BCUT2D eigenvalue weighted by Crippen LogP contribution is -2.37. The van der Waals surface area contributed by atoms with E-state index in [2.05, 4.69) is 5.16 Å². The van der Waals surface area contributed by atoms with Crippen LogP contribution in [0.15, 0.2) is 78.0 Å². The molecule has 0 saturated heterocycles. The third-order valence-electron chi connectivity index (χ3n) is 5.52. The molecule has 0 saturated carbocycles. The molecule has 1 aliphatic heterocycles. The summed E-state index contributed by atoms with van der Waals surface area (Å²) in [6.45, 7) is 0.364. The Balaban J connectivity index is 1.53. The van der Waals surface area contributed by atoms with Gasteiger partial charge < -0.3 is 19.2 Å². The summed E-state index contributed by atoms with van der Waals surface area (Å²) in [6.07, 6.45) is 0.142. The fraction of sp³-hybridized carbons (Fsp3) is 0.231. The predicted molar refractivity (Wildman–Crippen MR) is 123 cm³/mol. The smallest absolute Gasteiger partial charge is 0.254 e. The molecule has 0 fully saturated rings. The van der Waals surface area contributed by atoms with E-state index < -0.39 is 0 Å². The minimum atomic E-state index is -0.362. The van der Waals surface area contributed by atoms with Gasteiger partial charge in [-0.15, -0.1) is 0 Å². The maximum atomic E-state index is 14.4. The van der Waals surface area contributed by atoms with Gasteiger partial charge >= 0.3 is 0 Å². The maximum absolute atomic E-state index is 14.4. The monoisotopic (exact) mass is 448 g/mol. The Labute approximate surface area is 192 Å². The van der Waals surface area contributed by atoms with Crippen molar-refractivity contribution in [1.82, 2.24) is 4.90 Å². The molecule has 170 valence electrons. The van der Waals surface area contributed by atoms with Gasteiger partial charge in [-0.3, -0.25) is 4.79 Å². The average Bonchev–Trinajstić information content (AvgIpc) is 3.33. The van der Waals surface area contributed by atoms with Gasteiger partial charge in [0.05, 0.1) is 26.5 Å². The van der Waals surface area contributed by atoms with Gasteiger partial charge in [0, 0.05) is 29.7 Å². The molecule has 1 heterocycles. The summed E-state index contributed by atoms with van der Waals surface area (Å²) < 4.78 is 25.0. The average molecular weight is 448 g/mol. The van der Waals surface area contributed by atoms with E-state index in [4.69, 9.17) is 14.3 Å². The quantitative estimate of drug-likeness (QED) is 0.502. The Morgan fingerprint density at radius 3 is 2.48 bits per heavy atom. The van der Waals surface area contributed by atoms with Gasteiger partial charge in [0.1, 0.15) is 17.3 Å². The minimum absolute atomic E-state index is 0.112. The normalized spacial score (nSPS) is 14.9. The highest BCUT2D eigenvalue weighted by atomic mass is 19.1. The Bertz CT molecular complexity index is 1150. The van der Waals surface area contributed by atoms with Crippen molar-refractivity contribution >= 4 is 11.6 Å². The Morgan fingerprint density at radius 1 is 1.03 bits per heavy atom. The molecule has 0 aliphatic carbocycles. The van der Waals surface area contributed by atoms with Crippen LogP contribution in [-0.2, 0) is 11.4 Å². The molecule has 33 heavy (non-hydrogen) atoms. The first-order valence-corrected chi connectivity index (χ1v) is 10.6. The minimum Gasteiger partial charge on any atom is -0.497 e. The van der Waals surface area contributed by atoms with Crippen LogP contribution in [0.1, 0.15) is 27.9 Å². The number of hydrogen-bond donors (Lipinski definition) is 0. The highest BCUT2D eigenvalue weighted by molar-refractivity contribution is 6.03. The van der Waals surface area contributed by atoms with Crippen LogP contribution in [-0.4, -0.2) is 43.4 Å². The van der Waals surface area contributed by atoms with Crippen molar-refractivity contribution < 1.29 is 23.5 Å². The molecular formula is C26H25FN2O4. The van der Waals surface area contributed by atoms with Crippen molar-refractivity contribution in [1.29, 1.82) is 0 Å². The second-order valence-electron chi connectivity index (χ2n) is 7.68. The number of carbonyl (C=O) groups excluding carboxylic acids is 1. The fourth-order valence-electron chi connectivity index (χ4n) is 3.78. The van der Waals surface area contributed by atoms with Crippen molar-refractivity contribution in [3.63, 3.8) is 0 Å². The molecule has 1 aliphatic rings. The lowest BCUT2D eigenvalue weighted by Gasteiger charge is -2.25. The summed E-state index contributed by atoms with van der Waals surface area (Å²) >= 11 is 0. The van der Waals surface area contributed by atoms with E-state index in [-0.39, 0.29) is 30.9 Å². The Morgan fingerprint density at radius 2 is 1.76 bits per heavy atom. The zero-order valence-corrected chi connectivity index (χ0v) is 18.5. The molecule has 0 N–H and O–H groups in total. The fourth-order valence-corrected chi connectivity index (χ4v) is 3.78.